The Morgan fingerprint density at radius 2 is 1.51 bits per heavy atom. The minimum absolute atomic E-state index is 0.0853. The number of nitrogens with one attached hydrogen (secondary N) is 1. The molecule has 2 aromatic heterocycles. The Kier molecular flexibility index (Phi) is 18.0. The Hall–Kier alpha value is -2.62. The summed E-state index contributed by atoms with van der Waals surface area (Å²) in [6.45, 7) is 10.4. The van der Waals surface area contributed by atoms with Crippen molar-refractivity contribution in [3.63, 3.8) is 0 Å². The average Bonchev–Trinajstić information content (AvgIpc) is 3.65. The summed E-state index contributed by atoms with van der Waals surface area (Å²) in [4.78, 5) is 12.8. The van der Waals surface area contributed by atoms with Gasteiger partial charge >= 0.3 is 5.97 Å². The van der Waals surface area contributed by atoms with Crippen molar-refractivity contribution in [2.45, 2.75) is 161 Å². The van der Waals surface area contributed by atoms with Gasteiger partial charge in [-0.05, 0) is 36.6 Å². The number of ether oxygens (including phenoxy) is 2. The Balaban J connectivity index is 1.49. The molecule has 0 spiro atoms. The molecule has 3 aromatic rings. The molecule has 3 N–H and O–H groups in total. The van der Waals surface area contributed by atoms with Gasteiger partial charge in [0, 0.05) is 11.3 Å². The molecule has 3 rings (SSSR count). The SMILES string of the molecule is CCCCCCCCCCCCCCCCCCOc1ccc(C(=O)OCC(O)CO)cc1CC(C)c1n[nH]c2c(Cl)c(C(C)(C)C)nn12. The number of halogens is 1. The molecule has 49 heavy (non-hydrogen) atoms. The Bertz CT molecular complexity index is 1380. The van der Waals surface area contributed by atoms with Crippen molar-refractivity contribution in [1.82, 2.24) is 19.8 Å². The second kappa shape index (κ2) is 21.6. The molecule has 10 heteroatoms. The Morgan fingerprint density at radius 3 is 2.06 bits per heavy atom. The van der Waals surface area contributed by atoms with E-state index in [9.17, 15) is 9.90 Å². The number of hydrogen-bond donors (Lipinski definition) is 3. The van der Waals surface area contributed by atoms with Crippen LogP contribution in [0.2, 0.25) is 5.02 Å². The first kappa shape index (κ1) is 40.8. The van der Waals surface area contributed by atoms with Gasteiger partial charge in [-0.1, -0.05) is 143 Å². The first-order valence-electron chi connectivity index (χ1n) is 18.9. The number of carbonyl (C=O) groups is 1. The molecule has 0 aliphatic rings. The van der Waals surface area contributed by atoms with Crippen molar-refractivity contribution >= 4 is 23.2 Å². The maximum Gasteiger partial charge on any atom is 0.338 e. The first-order valence-corrected chi connectivity index (χ1v) is 19.3. The predicted molar refractivity (Wildman–Crippen MR) is 198 cm³/mol. The van der Waals surface area contributed by atoms with Crippen molar-refractivity contribution in [2.24, 2.45) is 0 Å². The number of esters is 1. The van der Waals surface area contributed by atoms with Crippen molar-refractivity contribution < 1.29 is 24.5 Å². The number of aliphatic hydroxyl groups excluding tert-OH is 2. The van der Waals surface area contributed by atoms with Crippen LogP contribution in [0.25, 0.3) is 5.65 Å². The first-order chi connectivity index (χ1) is 23.6. The molecule has 0 saturated heterocycles. The number of benzene rings is 1. The van der Waals surface area contributed by atoms with Crippen molar-refractivity contribution in [3.8, 4) is 5.75 Å². The van der Waals surface area contributed by atoms with E-state index in [0.717, 1.165) is 35.7 Å². The van der Waals surface area contributed by atoms with Crippen LogP contribution in [0.3, 0.4) is 0 Å². The number of rotatable bonds is 25. The molecule has 0 radical (unpaired) electrons. The molecule has 0 amide bonds. The fraction of sp³-hybridized carbons (Fsp3) is 0.718. The van der Waals surface area contributed by atoms with Gasteiger partial charge in [-0.3, -0.25) is 5.10 Å². The Labute approximate surface area is 299 Å². The maximum atomic E-state index is 12.8. The molecule has 0 aliphatic heterocycles. The number of aliphatic hydroxyl groups is 2. The smallest absolute Gasteiger partial charge is 0.338 e. The molecule has 0 fully saturated rings. The number of fused-ring (bicyclic) bond motifs is 1. The molecule has 0 saturated carbocycles. The van der Waals surface area contributed by atoms with Gasteiger partial charge in [0.25, 0.3) is 0 Å². The lowest BCUT2D eigenvalue weighted by Gasteiger charge is -2.17. The quantitative estimate of drug-likeness (QED) is 0.0594. The summed E-state index contributed by atoms with van der Waals surface area (Å²) in [5, 5.41) is 31.7. The van der Waals surface area contributed by atoms with Crippen LogP contribution in [0.1, 0.15) is 171 Å². The summed E-state index contributed by atoms with van der Waals surface area (Å²) in [6, 6.07) is 5.28. The summed E-state index contributed by atoms with van der Waals surface area (Å²) in [5.41, 5.74) is 2.44. The molecule has 0 bridgehead atoms. The van der Waals surface area contributed by atoms with E-state index in [4.69, 9.17) is 31.3 Å². The molecular weight excluding hydrogens is 640 g/mol. The van der Waals surface area contributed by atoms with E-state index in [0.29, 0.717) is 29.3 Å². The van der Waals surface area contributed by atoms with Crippen LogP contribution >= 0.6 is 11.6 Å². The number of nitrogens with zero attached hydrogens (tertiary/aromatic N) is 3. The van der Waals surface area contributed by atoms with Crippen LogP contribution in [0.15, 0.2) is 18.2 Å². The topological polar surface area (TPSA) is 122 Å². The van der Waals surface area contributed by atoms with Crippen LogP contribution in [-0.2, 0) is 16.6 Å². The Morgan fingerprint density at radius 1 is 0.939 bits per heavy atom. The third-order valence-electron chi connectivity index (χ3n) is 9.17. The largest absolute Gasteiger partial charge is 0.493 e. The van der Waals surface area contributed by atoms with E-state index in [1.54, 1.807) is 16.6 Å². The van der Waals surface area contributed by atoms with Crippen molar-refractivity contribution in [2.75, 3.05) is 19.8 Å². The number of carbonyl (C=O) groups excluding carboxylic acids is 1. The van der Waals surface area contributed by atoms with Crippen LogP contribution in [0.5, 0.6) is 5.75 Å². The highest BCUT2D eigenvalue weighted by atomic mass is 35.5. The van der Waals surface area contributed by atoms with Crippen LogP contribution in [-0.4, -0.2) is 61.9 Å². The van der Waals surface area contributed by atoms with Crippen molar-refractivity contribution in [1.29, 1.82) is 0 Å². The summed E-state index contributed by atoms with van der Waals surface area (Å²) in [7, 11) is 0. The third-order valence-corrected chi connectivity index (χ3v) is 9.53. The zero-order chi connectivity index (χ0) is 35.6. The van der Waals surface area contributed by atoms with Crippen LogP contribution in [0, 0.1) is 0 Å². The minimum Gasteiger partial charge on any atom is -0.493 e. The number of H-pyrrole nitrogens is 1. The van der Waals surface area contributed by atoms with E-state index in [-0.39, 0.29) is 17.9 Å². The predicted octanol–water partition coefficient (Wildman–Crippen LogP) is 9.50. The number of aromatic amines is 1. The van der Waals surface area contributed by atoms with E-state index in [1.165, 1.54) is 89.9 Å². The van der Waals surface area contributed by atoms with Gasteiger partial charge in [-0.2, -0.15) is 14.7 Å². The molecule has 2 heterocycles. The zero-order valence-electron chi connectivity index (χ0n) is 30.9. The number of hydrogen-bond acceptors (Lipinski definition) is 7. The third kappa shape index (κ3) is 13.6. The lowest BCUT2D eigenvalue weighted by molar-refractivity contribution is 0.00932. The van der Waals surface area contributed by atoms with E-state index in [2.05, 4.69) is 44.8 Å². The highest BCUT2D eigenvalue weighted by Crippen LogP contribution is 2.33. The fourth-order valence-electron chi connectivity index (χ4n) is 6.19. The van der Waals surface area contributed by atoms with E-state index in [1.807, 2.05) is 6.07 Å². The van der Waals surface area contributed by atoms with Crippen LogP contribution < -0.4 is 4.74 Å². The van der Waals surface area contributed by atoms with Crippen LogP contribution in [0.4, 0.5) is 0 Å². The summed E-state index contributed by atoms with van der Waals surface area (Å²) >= 11 is 6.67. The maximum absolute atomic E-state index is 12.8. The standard InChI is InChI=1S/C39H63ClN4O5/c1-6-7-8-9-10-11-12-13-14-15-16-17-18-19-20-21-24-48-33-23-22-30(38(47)49-28-32(46)27-45)26-31(33)25-29(2)36-41-42-37-34(40)35(39(3,4)5)43-44(36)37/h22-23,26,29,32,42,45-46H,6-21,24-25,27-28H2,1-5H3. The summed E-state index contributed by atoms with van der Waals surface area (Å²) in [6.07, 6.45) is 20.5. The minimum atomic E-state index is -1.12. The zero-order valence-corrected chi connectivity index (χ0v) is 31.6. The van der Waals surface area contributed by atoms with Gasteiger partial charge < -0.3 is 19.7 Å². The number of aromatic nitrogens is 4. The van der Waals surface area contributed by atoms with E-state index < -0.39 is 18.7 Å². The van der Waals surface area contributed by atoms with Gasteiger partial charge in [0.15, 0.2) is 11.5 Å². The highest BCUT2D eigenvalue weighted by molar-refractivity contribution is 6.34. The lowest BCUT2D eigenvalue weighted by atomic mass is 9.92. The van der Waals surface area contributed by atoms with Gasteiger partial charge in [-0.15, -0.1) is 0 Å². The van der Waals surface area contributed by atoms with E-state index >= 15 is 0 Å². The highest BCUT2D eigenvalue weighted by Gasteiger charge is 2.27. The van der Waals surface area contributed by atoms with Gasteiger partial charge in [0.05, 0.1) is 24.5 Å². The molecule has 9 nitrogen and oxygen atoms in total. The van der Waals surface area contributed by atoms with Gasteiger partial charge in [-0.25, -0.2) is 4.79 Å². The lowest BCUT2D eigenvalue weighted by Crippen LogP contribution is -2.22. The fourth-order valence-corrected chi connectivity index (χ4v) is 6.63. The molecular formula is C39H63ClN4O5. The second-order valence-electron chi connectivity index (χ2n) is 14.8. The van der Waals surface area contributed by atoms with Gasteiger partial charge in [0.1, 0.15) is 23.5 Å². The van der Waals surface area contributed by atoms with Crippen molar-refractivity contribution in [3.05, 3.63) is 45.9 Å². The summed E-state index contributed by atoms with van der Waals surface area (Å²) < 4.78 is 13.3. The molecule has 0 aliphatic carbocycles. The number of unbranched alkanes of at least 4 members (excludes halogenated alkanes) is 15. The molecule has 276 valence electrons. The average molecular weight is 703 g/mol. The van der Waals surface area contributed by atoms with Gasteiger partial charge in [0.2, 0.25) is 0 Å². The molecule has 1 aromatic carbocycles. The molecule has 2 unspecified atom stereocenters. The monoisotopic (exact) mass is 702 g/mol. The second-order valence-corrected chi connectivity index (χ2v) is 15.1. The normalized spacial score (nSPS) is 13.2. The molecule has 2 atom stereocenters. The summed E-state index contributed by atoms with van der Waals surface area (Å²) in [5.74, 6) is 0.801.